The summed E-state index contributed by atoms with van der Waals surface area (Å²) in [6, 6.07) is 12.8. The molecule has 128 valence electrons. The summed E-state index contributed by atoms with van der Waals surface area (Å²) in [5.41, 5.74) is 1.31. The second kappa shape index (κ2) is 7.93. The number of carbonyl (C=O) groups is 1. The number of benzene rings is 2. The molecule has 0 bridgehead atoms. The molecule has 1 aromatic heterocycles. The number of rotatable bonds is 5. The van der Waals surface area contributed by atoms with Gasteiger partial charge < -0.3 is 5.32 Å². The Morgan fingerprint density at radius 2 is 1.96 bits per heavy atom. The molecule has 25 heavy (non-hydrogen) atoms. The Morgan fingerprint density at radius 3 is 2.80 bits per heavy atom. The summed E-state index contributed by atoms with van der Waals surface area (Å²) in [4.78, 5) is 28.8. The number of amides is 1. The van der Waals surface area contributed by atoms with Gasteiger partial charge in [0.15, 0.2) is 0 Å². The minimum absolute atomic E-state index is 0.0826. The predicted molar refractivity (Wildman–Crippen MR) is 106 cm³/mol. The molecular weight excluding hydrogens is 450 g/mol. The Labute approximate surface area is 161 Å². The van der Waals surface area contributed by atoms with Crippen LogP contribution in [0.15, 0.2) is 62.5 Å². The number of nitrogens with one attached hydrogen (secondary N) is 1. The van der Waals surface area contributed by atoms with E-state index in [9.17, 15) is 9.59 Å². The third kappa shape index (κ3) is 4.35. The fourth-order valence-corrected chi connectivity index (χ4v) is 3.19. The van der Waals surface area contributed by atoms with Crippen molar-refractivity contribution >= 4 is 54.4 Å². The van der Waals surface area contributed by atoms with Gasteiger partial charge in [0.1, 0.15) is 0 Å². The molecule has 0 saturated carbocycles. The van der Waals surface area contributed by atoms with Crippen LogP contribution < -0.4 is 10.9 Å². The molecule has 0 saturated heterocycles. The molecule has 0 fully saturated rings. The third-order valence-corrected chi connectivity index (χ3v) is 4.92. The first-order valence-corrected chi connectivity index (χ1v) is 9.32. The first kappa shape index (κ1) is 17.8. The Morgan fingerprint density at radius 1 is 1.16 bits per heavy atom. The van der Waals surface area contributed by atoms with Crippen molar-refractivity contribution in [3.05, 3.63) is 68.1 Å². The topological polar surface area (TPSA) is 64.0 Å². The van der Waals surface area contributed by atoms with Crippen LogP contribution in [0.5, 0.6) is 0 Å². The number of aryl methyl sites for hydroxylation is 1. The molecule has 1 amide bonds. The number of aromatic nitrogens is 2. The Balaban J connectivity index is 1.61. The van der Waals surface area contributed by atoms with Crippen molar-refractivity contribution in [2.45, 2.75) is 19.4 Å². The highest BCUT2D eigenvalue weighted by Crippen LogP contribution is 2.26. The first-order valence-electron chi connectivity index (χ1n) is 7.73. The smallest absolute Gasteiger partial charge is 0.261 e. The van der Waals surface area contributed by atoms with Gasteiger partial charge in [-0.1, -0.05) is 28.1 Å². The van der Waals surface area contributed by atoms with Crippen molar-refractivity contribution < 1.29 is 4.79 Å². The Kier molecular flexibility index (Phi) is 5.65. The maximum absolute atomic E-state index is 12.4. The molecule has 0 aliphatic heterocycles. The molecule has 3 rings (SSSR count). The fraction of sp³-hybridized carbons (Fsp3) is 0.167. The maximum atomic E-state index is 12.4. The van der Waals surface area contributed by atoms with E-state index in [1.807, 2.05) is 36.4 Å². The average Bonchev–Trinajstić information content (AvgIpc) is 2.60. The van der Waals surface area contributed by atoms with Crippen molar-refractivity contribution in [1.82, 2.24) is 9.55 Å². The molecule has 0 unspecified atom stereocenters. The summed E-state index contributed by atoms with van der Waals surface area (Å²) < 4.78 is 3.25. The van der Waals surface area contributed by atoms with Crippen molar-refractivity contribution in [3.63, 3.8) is 0 Å². The molecule has 0 aliphatic rings. The summed E-state index contributed by atoms with van der Waals surface area (Å²) >= 11 is 6.79. The standard InChI is InChI=1S/C18H15Br2N3O2/c19-12-7-8-14(20)16(10-12)22-17(24)6-3-9-23-11-21-15-5-2-1-4-13(15)18(23)25/h1-2,4-5,7-8,10-11H,3,6,9H2,(H,22,24). The van der Waals surface area contributed by atoms with Crippen molar-refractivity contribution in [1.29, 1.82) is 0 Å². The van der Waals surface area contributed by atoms with Gasteiger partial charge in [-0.3, -0.25) is 14.2 Å². The normalized spacial score (nSPS) is 10.8. The highest BCUT2D eigenvalue weighted by atomic mass is 79.9. The zero-order chi connectivity index (χ0) is 17.8. The van der Waals surface area contributed by atoms with Crippen LogP contribution >= 0.6 is 31.9 Å². The van der Waals surface area contributed by atoms with Gasteiger partial charge in [-0.25, -0.2) is 4.98 Å². The van der Waals surface area contributed by atoms with Crippen molar-refractivity contribution in [2.75, 3.05) is 5.32 Å². The molecule has 1 N–H and O–H groups in total. The van der Waals surface area contributed by atoms with Crippen LogP contribution in [-0.4, -0.2) is 15.5 Å². The second-order valence-corrected chi connectivity index (χ2v) is 7.31. The quantitative estimate of drug-likeness (QED) is 0.610. The van der Waals surface area contributed by atoms with Crippen LogP contribution in [0.2, 0.25) is 0 Å². The van der Waals surface area contributed by atoms with Crippen LogP contribution in [0.4, 0.5) is 5.69 Å². The molecule has 0 radical (unpaired) electrons. The molecule has 1 heterocycles. The van der Waals surface area contributed by atoms with Gasteiger partial charge in [0.2, 0.25) is 5.91 Å². The van der Waals surface area contributed by atoms with E-state index in [2.05, 4.69) is 42.2 Å². The van der Waals surface area contributed by atoms with Gasteiger partial charge in [0, 0.05) is 21.9 Å². The summed E-state index contributed by atoms with van der Waals surface area (Å²) in [6.07, 6.45) is 2.41. The van der Waals surface area contributed by atoms with Crippen LogP contribution in [0.1, 0.15) is 12.8 Å². The lowest BCUT2D eigenvalue weighted by atomic mass is 10.2. The number of hydrogen-bond acceptors (Lipinski definition) is 3. The van der Waals surface area contributed by atoms with Crippen LogP contribution in [0, 0.1) is 0 Å². The van der Waals surface area contributed by atoms with Crippen LogP contribution in [-0.2, 0) is 11.3 Å². The van der Waals surface area contributed by atoms with E-state index < -0.39 is 0 Å². The summed E-state index contributed by atoms with van der Waals surface area (Å²) in [6.45, 7) is 0.448. The van der Waals surface area contributed by atoms with Gasteiger partial charge in [0.25, 0.3) is 5.56 Å². The van der Waals surface area contributed by atoms with E-state index in [4.69, 9.17) is 0 Å². The van der Waals surface area contributed by atoms with Gasteiger partial charge >= 0.3 is 0 Å². The van der Waals surface area contributed by atoms with E-state index in [0.717, 1.165) is 8.95 Å². The zero-order valence-electron chi connectivity index (χ0n) is 13.2. The highest BCUT2D eigenvalue weighted by Gasteiger charge is 2.08. The van der Waals surface area contributed by atoms with Crippen molar-refractivity contribution in [3.8, 4) is 0 Å². The third-order valence-electron chi connectivity index (χ3n) is 3.74. The molecule has 2 aromatic carbocycles. The van der Waals surface area contributed by atoms with Gasteiger partial charge in [-0.05, 0) is 52.7 Å². The number of hydrogen-bond donors (Lipinski definition) is 1. The molecule has 0 atom stereocenters. The first-order chi connectivity index (χ1) is 12.0. The van der Waals surface area contributed by atoms with E-state index in [1.54, 1.807) is 10.6 Å². The molecule has 3 aromatic rings. The van der Waals surface area contributed by atoms with E-state index >= 15 is 0 Å². The minimum atomic E-state index is -0.0967. The number of para-hydroxylation sites is 1. The minimum Gasteiger partial charge on any atom is -0.325 e. The number of fused-ring (bicyclic) bond motifs is 1. The molecule has 0 spiro atoms. The summed E-state index contributed by atoms with van der Waals surface area (Å²) in [7, 11) is 0. The molecular formula is C18H15Br2N3O2. The monoisotopic (exact) mass is 463 g/mol. The second-order valence-electron chi connectivity index (χ2n) is 5.54. The average molecular weight is 465 g/mol. The van der Waals surface area contributed by atoms with E-state index in [1.165, 1.54) is 6.33 Å². The molecule has 5 nitrogen and oxygen atoms in total. The van der Waals surface area contributed by atoms with Crippen molar-refractivity contribution in [2.24, 2.45) is 0 Å². The van der Waals surface area contributed by atoms with Gasteiger partial charge in [-0.15, -0.1) is 0 Å². The largest absolute Gasteiger partial charge is 0.325 e. The maximum Gasteiger partial charge on any atom is 0.261 e. The lowest BCUT2D eigenvalue weighted by molar-refractivity contribution is -0.116. The number of anilines is 1. The molecule has 7 heteroatoms. The summed E-state index contributed by atoms with van der Waals surface area (Å²) in [5.74, 6) is -0.0967. The summed E-state index contributed by atoms with van der Waals surface area (Å²) in [5, 5.41) is 3.45. The van der Waals surface area contributed by atoms with Gasteiger partial charge in [0.05, 0.1) is 22.9 Å². The van der Waals surface area contributed by atoms with Crippen LogP contribution in [0.3, 0.4) is 0 Å². The van der Waals surface area contributed by atoms with Gasteiger partial charge in [-0.2, -0.15) is 0 Å². The lowest BCUT2D eigenvalue weighted by Crippen LogP contribution is -2.21. The fourth-order valence-electron chi connectivity index (χ4n) is 2.48. The van der Waals surface area contributed by atoms with E-state index in [0.29, 0.717) is 36.0 Å². The Bertz CT molecular complexity index is 985. The van der Waals surface area contributed by atoms with Crippen LogP contribution in [0.25, 0.3) is 10.9 Å². The highest BCUT2D eigenvalue weighted by molar-refractivity contribution is 9.11. The van der Waals surface area contributed by atoms with E-state index in [-0.39, 0.29) is 11.5 Å². The predicted octanol–water partition coefficient (Wildman–Crippen LogP) is 4.34. The lowest BCUT2D eigenvalue weighted by Gasteiger charge is -2.09. The number of halogens is 2. The Hall–Kier alpha value is -1.99. The molecule has 0 aliphatic carbocycles. The zero-order valence-corrected chi connectivity index (χ0v) is 16.4. The number of nitrogens with zero attached hydrogens (tertiary/aromatic N) is 2. The number of carbonyl (C=O) groups excluding carboxylic acids is 1. The SMILES string of the molecule is O=C(CCCn1cnc2ccccc2c1=O)Nc1cc(Br)ccc1Br.